The summed E-state index contributed by atoms with van der Waals surface area (Å²) in [5.41, 5.74) is 7.29. The molecule has 0 atom stereocenters. The number of aromatic amines is 1. The molecule has 2 rings (SSSR count). The van der Waals surface area contributed by atoms with Gasteiger partial charge in [0.25, 0.3) is 0 Å². The smallest absolute Gasteiger partial charge is 0.153 e. The fraction of sp³-hybridized carbons (Fsp3) is 0.250. The molecule has 1 aromatic heterocycles. The summed E-state index contributed by atoms with van der Waals surface area (Å²) in [5, 5.41) is 6.65. The number of halogens is 2. The Morgan fingerprint density at radius 2 is 2.12 bits per heavy atom. The van der Waals surface area contributed by atoms with E-state index in [9.17, 15) is 8.78 Å². The van der Waals surface area contributed by atoms with Crippen molar-refractivity contribution in [3.8, 4) is 11.1 Å². The fourth-order valence-electron chi connectivity index (χ4n) is 1.82. The van der Waals surface area contributed by atoms with Crippen molar-refractivity contribution < 1.29 is 8.78 Å². The van der Waals surface area contributed by atoms with Crippen LogP contribution in [0, 0.1) is 11.6 Å². The summed E-state index contributed by atoms with van der Waals surface area (Å²) in [7, 11) is 0. The van der Waals surface area contributed by atoms with E-state index in [1.165, 1.54) is 12.1 Å². The van der Waals surface area contributed by atoms with Crippen LogP contribution in [0.5, 0.6) is 0 Å². The molecule has 0 bridgehead atoms. The Bertz CT molecular complexity index is 535. The number of nitrogens with two attached hydrogens (primary N) is 1. The number of benzene rings is 1. The van der Waals surface area contributed by atoms with Gasteiger partial charge in [0.15, 0.2) is 5.82 Å². The lowest BCUT2D eigenvalue weighted by molar-refractivity contribution is 0.585. The minimum absolute atomic E-state index is 0.235. The fourth-order valence-corrected chi connectivity index (χ4v) is 1.82. The molecular weight excluding hydrogens is 224 g/mol. The third kappa shape index (κ3) is 2.13. The number of hydrogen-bond acceptors (Lipinski definition) is 2. The van der Waals surface area contributed by atoms with Crippen molar-refractivity contribution in [2.75, 3.05) is 5.73 Å². The second-order valence-corrected chi connectivity index (χ2v) is 3.84. The molecule has 0 aliphatic rings. The van der Waals surface area contributed by atoms with Crippen LogP contribution in [0.3, 0.4) is 0 Å². The number of nitrogens with zero attached hydrogens (tertiary/aromatic N) is 1. The van der Waals surface area contributed by atoms with Gasteiger partial charge < -0.3 is 5.73 Å². The SMILES string of the molecule is CCCc1[nH]nc(N)c1-c1ccc(F)cc1F. The number of H-pyrrole nitrogens is 1. The Labute approximate surface area is 97.7 Å². The summed E-state index contributed by atoms with van der Waals surface area (Å²) in [6, 6.07) is 3.43. The maximum absolute atomic E-state index is 13.7. The van der Waals surface area contributed by atoms with Crippen LogP contribution in [0.4, 0.5) is 14.6 Å². The van der Waals surface area contributed by atoms with Crippen molar-refractivity contribution >= 4 is 5.82 Å². The molecule has 0 amide bonds. The van der Waals surface area contributed by atoms with E-state index >= 15 is 0 Å². The van der Waals surface area contributed by atoms with Crippen LogP contribution in [0.1, 0.15) is 19.0 Å². The Morgan fingerprint density at radius 1 is 1.35 bits per heavy atom. The van der Waals surface area contributed by atoms with Crippen molar-refractivity contribution in [3.05, 3.63) is 35.5 Å². The summed E-state index contributed by atoms with van der Waals surface area (Å²) in [5.74, 6) is -1.00. The molecule has 0 aliphatic carbocycles. The van der Waals surface area contributed by atoms with E-state index in [-0.39, 0.29) is 11.4 Å². The van der Waals surface area contributed by atoms with E-state index in [1.807, 2.05) is 6.92 Å². The lowest BCUT2D eigenvalue weighted by atomic mass is 10.0. The molecule has 3 N–H and O–H groups in total. The number of hydrogen-bond donors (Lipinski definition) is 2. The van der Waals surface area contributed by atoms with Gasteiger partial charge in [0, 0.05) is 22.9 Å². The summed E-state index contributed by atoms with van der Waals surface area (Å²) in [6.45, 7) is 2.00. The minimum atomic E-state index is -0.629. The van der Waals surface area contributed by atoms with E-state index < -0.39 is 11.6 Å². The van der Waals surface area contributed by atoms with Gasteiger partial charge >= 0.3 is 0 Å². The highest BCUT2D eigenvalue weighted by Crippen LogP contribution is 2.31. The third-order valence-corrected chi connectivity index (χ3v) is 2.57. The number of rotatable bonds is 3. The molecule has 1 heterocycles. The van der Waals surface area contributed by atoms with Crippen LogP contribution in [0.25, 0.3) is 11.1 Å². The van der Waals surface area contributed by atoms with Gasteiger partial charge in [-0.15, -0.1) is 0 Å². The highest BCUT2D eigenvalue weighted by molar-refractivity contribution is 5.76. The van der Waals surface area contributed by atoms with Crippen LogP contribution in [0.15, 0.2) is 18.2 Å². The van der Waals surface area contributed by atoms with Gasteiger partial charge in [-0.05, 0) is 18.6 Å². The molecule has 1 aromatic carbocycles. The molecule has 2 aromatic rings. The number of aryl methyl sites for hydroxylation is 1. The molecule has 3 nitrogen and oxygen atoms in total. The first-order chi connectivity index (χ1) is 8.13. The zero-order chi connectivity index (χ0) is 12.4. The van der Waals surface area contributed by atoms with Gasteiger partial charge in [-0.3, -0.25) is 5.10 Å². The van der Waals surface area contributed by atoms with Gasteiger partial charge in [-0.2, -0.15) is 5.10 Å². The maximum Gasteiger partial charge on any atom is 0.153 e. The number of nitrogens with one attached hydrogen (secondary N) is 1. The summed E-state index contributed by atoms with van der Waals surface area (Å²) >= 11 is 0. The molecule has 0 spiro atoms. The van der Waals surface area contributed by atoms with Gasteiger partial charge in [0.05, 0.1) is 0 Å². The first kappa shape index (κ1) is 11.6. The second-order valence-electron chi connectivity index (χ2n) is 3.84. The van der Waals surface area contributed by atoms with E-state index in [0.29, 0.717) is 5.56 Å². The number of aromatic nitrogens is 2. The van der Waals surface area contributed by atoms with Crippen molar-refractivity contribution in [2.24, 2.45) is 0 Å². The van der Waals surface area contributed by atoms with Crippen LogP contribution in [-0.2, 0) is 6.42 Å². The Balaban J connectivity index is 2.55. The van der Waals surface area contributed by atoms with Gasteiger partial charge in [0.1, 0.15) is 11.6 Å². The van der Waals surface area contributed by atoms with Crippen LogP contribution < -0.4 is 5.73 Å². The molecule has 0 saturated heterocycles. The predicted octanol–water partition coefficient (Wildman–Crippen LogP) is 2.89. The standard InChI is InChI=1S/C12H13F2N3/c1-2-3-10-11(12(15)17-16-10)8-5-4-7(13)6-9(8)14/h4-6H,2-3H2,1H3,(H3,15,16,17). The topological polar surface area (TPSA) is 54.7 Å². The number of anilines is 1. The Hall–Kier alpha value is -1.91. The van der Waals surface area contributed by atoms with Crippen LogP contribution >= 0.6 is 0 Å². The van der Waals surface area contributed by atoms with Crippen molar-refractivity contribution in [2.45, 2.75) is 19.8 Å². The summed E-state index contributed by atoms with van der Waals surface area (Å²) < 4.78 is 26.5. The average Bonchev–Trinajstić information content (AvgIpc) is 2.62. The van der Waals surface area contributed by atoms with Crippen LogP contribution in [0.2, 0.25) is 0 Å². The van der Waals surface area contributed by atoms with Gasteiger partial charge in [0.2, 0.25) is 0 Å². The van der Waals surface area contributed by atoms with E-state index in [2.05, 4.69) is 10.2 Å². The van der Waals surface area contributed by atoms with Crippen molar-refractivity contribution in [1.29, 1.82) is 0 Å². The van der Waals surface area contributed by atoms with Crippen LogP contribution in [-0.4, -0.2) is 10.2 Å². The maximum atomic E-state index is 13.7. The Morgan fingerprint density at radius 3 is 2.76 bits per heavy atom. The molecule has 90 valence electrons. The average molecular weight is 237 g/mol. The first-order valence-electron chi connectivity index (χ1n) is 5.41. The molecular formula is C12H13F2N3. The van der Waals surface area contributed by atoms with Crippen molar-refractivity contribution in [3.63, 3.8) is 0 Å². The lowest BCUT2D eigenvalue weighted by Crippen LogP contribution is -1.94. The highest BCUT2D eigenvalue weighted by Gasteiger charge is 2.16. The minimum Gasteiger partial charge on any atom is -0.382 e. The van der Waals surface area contributed by atoms with Crippen molar-refractivity contribution in [1.82, 2.24) is 10.2 Å². The summed E-state index contributed by atoms with van der Waals surface area (Å²) in [4.78, 5) is 0. The predicted molar refractivity (Wildman–Crippen MR) is 62.3 cm³/mol. The molecule has 0 saturated carbocycles. The molecule has 5 heteroatoms. The quantitative estimate of drug-likeness (QED) is 0.862. The first-order valence-corrected chi connectivity index (χ1v) is 5.41. The highest BCUT2D eigenvalue weighted by atomic mass is 19.1. The molecule has 0 radical (unpaired) electrons. The molecule has 0 aliphatic heterocycles. The lowest BCUT2D eigenvalue weighted by Gasteiger charge is -2.05. The van der Waals surface area contributed by atoms with E-state index in [0.717, 1.165) is 24.6 Å². The molecule has 0 unspecified atom stereocenters. The second kappa shape index (κ2) is 4.53. The van der Waals surface area contributed by atoms with Gasteiger partial charge in [-0.1, -0.05) is 13.3 Å². The largest absolute Gasteiger partial charge is 0.382 e. The normalized spacial score (nSPS) is 10.8. The third-order valence-electron chi connectivity index (χ3n) is 2.57. The Kier molecular flexibility index (Phi) is 3.08. The summed E-state index contributed by atoms with van der Waals surface area (Å²) in [6.07, 6.45) is 1.60. The zero-order valence-corrected chi connectivity index (χ0v) is 9.43. The zero-order valence-electron chi connectivity index (χ0n) is 9.43. The van der Waals surface area contributed by atoms with E-state index in [4.69, 9.17) is 5.73 Å². The monoisotopic (exact) mass is 237 g/mol. The van der Waals surface area contributed by atoms with Gasteiger partial charge in [-0.25, -0.2) is 8.78 Å². The molecule has 0 fully saturated rings. The number of nitrogen functional groups attached to an aromatic ring is 1. The molecule has 17 heavy (non-hydrogen) atoms. The van der Waals surface area contributed by atoms with E-state index in [1.54, 1.807) is 0 Å².